The highest BCUT2D eigenvalue weighted by Crippen LogP contribution is 2.19. The summed E-state index contributed by atoms with van der Waals surface area (Å²) in [6.45, 7) is 1.67. The summed E-state index contributed by atoms with van der Waals surface area (Å²) in [6.07, 6.45) is 4.95. The van der Waals surface area contributed by atoms with E-state index in [9.17, 15) is 9.59 Å². The number of benzene rings is 2. The fourth-order valence-corrected chi connectivity index (χ4v) is 3.28. The monoisotopic (exact) mass is 402 g/mol. The maximum absolute atomic E-state index is 12.9. The first-order valence-corrected chi connectivity index (χ1v) is 10.6. The summed E-state index contributed by atoms with van der Waals surface area (Å²) >= 11 is 0. The molecule has 7 nitrogen and oxygen atoms in total. The summed E-state index contributed by atoms with van der Waals surface area (Å²) in [6, 6.07) is 12.9. The normalized spacial score (nSPS) is 13.1. The molecule has 0 aromatic heterocycles. The number of nitrogens with one attached hydrogen (secondary N) is 2. The molecule has 0 aliphatic carbocycles. The van der Waals surface area contributed by atoms with Gasteiger partial charge in [-0.15, -0.1) is 0 Å². The number of quaternary nitrogens is 3. The minimum atomic E-state index is -0.572. The van der Waals surface area contributed by atoms with Crippen LogP contribution in [0.4, 0.5) is 5.69 Å². The molecule has 0 heterocycles. The Balaban J connectivity index is 2.02. The van der Waals surface area contributed by atoms with Crippen molar-refractivity contribution in [3.05, 3.63) is 42.5 Å². The Bertz CT molecular complexity index is 796. The average molecular weight is 403 g/mol. The third-order valence-corrected chi connectivity index (χ3v) is 5.07. The highest BCUT2D eigenvalue weighted by Gasteiger charge is 2.25. The van der Waals surface area contributed by atoms with E-state index < -0.39 is 6.04 Å². The van der Waals surface area contributed by atoms with Crippen molar-refractivity contribution in [2.24, 2.45) is 0 Å². The van der Waals surface area contributed by atoms with Gasteiger partial charge in [0.05, 0.1) is 13.1 Å². The van der Waals surface area contributed by atoms with Crippen LogP contribution in [0, 0.1) is 0 Å². The number of amides is 2. The molecule has 158 valence electrons. The van der Waals surface area contributed by atoms with E-state index in [4.69, 9.17) is 0 Å². The van der Waals surface area contributed by atoms with Gasteiger partial charge in [-0.3, -0.25) is 9.59 Å². The number of hydrogen-bond acceptors (Lipinski definition) is 2. The van der Waals surface area contributed by atoms with E-state index in [1.807, 2.05) is 42.5 Å². The summed E-state index contributed by atoms with van der Waals surface area (Å²) < 4.78 is 0. The SMILES string of the molecule is [NH3+]CCCC[C@H](NC(=O)[C@@H]([NH3+])CCCC[NH3+])C(=O)Nc1ccc2ccccc2c1. The van der Waals surface area contributed by atoms with Gasteiger partial charge in [0.1, 0.15) is 6.04 Å². The lowest BCUT2D eigenvalue weighted by atomic mass is 10.1. The number of anilines is 1. The summed E-state index contributed by atoms with van der Waals surface area (Å²) in [5.41, 5.74) is 12.4. The van der Waals surface area contributed by atoms with Crippen molar-refractivity contribution in [3.63, 3.8) is 0 Å². The van der Waals surface area contributed by atoms with Crippen LogP contribution >= 0.6 is 0 Å². The standard InChI is InChI=1S/C22H33N5O2/c23-13-5-3-9-19(25)21(28)27-20(10-4-6-14-24)22(29)26-18-12-11-16-7-1-2-8-17(16)15-18/h1-2,7-8,11-12,15,19-20H,3-6,9-10,13-14,23-25H2,(H,26,29)(H,27,28)/p+3/t19-,20-/m0/s1. The second-order valence-electron chi connectivity index (χ2n) is 7.51. The molecule has 11 N–H and O–H groups in total. The predicted molar refractivity (Wildman–Crippen MR) is 114 cm³/mol. The lowest BCUT2D eigenvalue weighted by molar-refractivity contribution is -0.406. The number of fused-ring (bicyclic) bond motifs is 1. The van der Waals surface area contributed by atoms with Crippen molar-refractivity contribution in [2.75, 3.05) is 18.4 Å². The van der Waals surface area contributed by atoms with E-state index in [0.717, 1.165) is 55.2 Å². The number of rotatable bonds is 12. The molecular weight excluding hydrogens is 366 g/mol. The third-order valence-electron chi connectivity index (χ3n) is 5.07. The number of carbonyl (C=O) groups is 2. The van der Waals surface area contributed by atoms with Crippen LogP contribution in [0.25, 0.3) is 10.8 Å². The number of unbranched alkanes of at least 4 members (excludes halogenated alkanes) is 2. The number of hydrogen-bond donors (Lipinski definition) is 5. The molecule has 0 aliphatic rings. The van der Waals surface area contributed by atoms with Crippen LogP contribution in [0.5, 0.6) is 0 Å². The van der Waals surface area contributed by atoms with Gasteiger partial charge in [0, 0.05) is 12.1 Å². The van der Waals surface area contributed by atoms with E-state index in [0.29, 0.717) is 12.8 Å². The van der Waals surface area contributed by atoms with Gasteiger partial charge < -0.3 is 27.8 Å². The van der Waals surface area contributed by atoms with Crippen molar-refractivity contribution in [1.82, 2.24) is 5.32 Å². The van der Waals surface area contributed by atoms with E-state index in [-0.39, 0.29) is 17.9 Å². The Morgan fingerprint density at radius 1 is 0.828 bits per heavy atom. The van der Waals surface area contributed by atoms with Gasteiger partial charge in [-0.1, -0.05) is 30.3 Å². The minimum absolute atomic E-state index is 0.164. The molecule has 2 amide bonds. The minimum Gasteiger partial charge on any atom is -0.358 e. The molecule has 0 saturated carbocycles. The Morgan fingerprint density at radius 3 is 2.17 bits per heavy atom. The molecule has 0 fully saturated rings. The molecule has 0 radical (unpaired) electrons. The molecule has 0 bridgehead atoms. The van der Waals surface area contributed by atoms with Crippen molar-refractivity contribution in [2.45, 2.75) is 50.6 Å². The topological polar surface area (TPSA) is 141 Å². The van der Waals surface area contributed by atoms with Gasteiger partial charge in [0.15, 0.2) is 6.04 Å². The van der Waals surface area contributed by atoms with Crippen molar-refractivity contribution < 1.29 is 26.8 Å². The third kappa shape index (κ3) is 7.45. The van der Waals surface area contributed by atoms with Crippen molar-refractivity contribution in [3.8, 4) is 0 Å². The zero-order valence-corrected chi connectivity index (χ0v) is 17.3. The maximum Gasteiger partial charge on any atom is 0.278 e. The molecule has 2 atom stereocenters. The van der Waals surface area contributed by atoms with Crippen LogP contribution < -0.4 is 27.8 Å². The fourth-order valence-electron chi connectivity index (χ4n) is 3.28. The zero-order valence-electron chi connectivity index (χ0n) is 17.3. The maximum atomic E-state index is 12.9. The van der Waals surface area contributed by atoms with Crippen LogP contribution in [-0.2, 0) is 9.59 Å². The Kier molecular flexibility index (Phi) is 9.56. The first kappa shape index (κ1) is 22.8. The van der Waals surface area contributed by atoms with E-state index in [2.05, 4.69) is 27.8 Å². The Hall–Kier alpha value is -2.48. The largest absolute Gasteiger partial charge is 0.358 e. The van der Waals surface area contributed by atoms with Gasteiger partial charge in [-0.25, -0.2) is 0 Å². The predicted octanol–water partition coefficient (Wildman–Crippen LogP) is -0.302. The van der Waals surface area contributed by atoms with Crippen LogP contribution in [0.3, 0.4) is 0 Å². The second-order valence-corrected chi connectivity index (χ2v) is 7.51. The fraction of sp³-hybridized carbons (Fsp3) is 0.455. The Morgan fingerprint density at radius 2 is 1.48 bits per heavy atom. The highest BCUT2D eigenvalue weighted by atomic mass is 16.2. The molecule has 2 rings (SSSR count). The summed E-state index contributed by atoms with van der Waals surface area (Å²) in [7, 11) is 0. The number of carbonyl (C=O) groups excluding carboxylic acids is 2. The van der Waals surface area contributed by atoms with Crippen LogP contribution in [-0.4, -0.2) is 37.0 Å². The first-order chi connectivity index (χ1) is 14.0. The second kappa shape index (κ2) is 12.2. The van der Waals surface area contributed by atoms with Crippen LogP contribution in [0.1, 0.15) is 38.5 Å². The molecule has 0 unspecified atom stereocenters. The first-order valence-electron chi connectivity index (χ1n) is 10.6. The van der Waals surface area contributed by atoms with E-state index >= 15 is 0 Å². The summed E-state index contributed by atoms with van der Waals surface area (Å²) in [5.74, 6) is -0.356. The Labute approximate surface area is 172 Å². The van der Waals surface area contributed by atoms with Gasteiger partial charge in [-0.05, 0) is 55.0 Å². The zero-order chi connectivity index (χ0) is 21.1. The summed E-state index contributed by atoms with van der Waals surface area (Å²) in [4.78, 5) is 25.4. The quantitative estimate of drug-likeness (QED) is 0.311. The summed E-state index contributed by atoms with van der Waals surface area (Å²) in [5, 5.41) is 8.05. The van der Waals surface area contributed by atoms with Crippen LogP contribution in [0.15, 0.2) is 42.5 Å². The average Bonchev–Trinajstić information content (AvgIpc) is 2.73. The van der Waals surface area contributed by atoms with E-state index in [1.54, 1.807) is 0 Å². The molecule has 2 aromatic rings. The highest BCUT2D eigenvalue weighted by molar-refractivity contribution is 5.99. The molecule has 0 aliphatic heterocycles. The molecule has 2 aromatic carbocycles. The molecule has 0 spiro atoms. The van der Waals surface area contributed by atoms with Crippen LogP contribution in [0.2, 0.25) is 0 Å². The van der Waals surface area contributed by atoms with Crippen molar-refractivity contribution >= 4 is 28.3 Å². The van der Waals surface area contributed by atoms with Gasteiger partial charge >= 0.3 is 0 Å². The van der Waals surface area contributed by atoms with E-state index in [1.165, 1.54) is 0 Å². The lowest BCUT2D eigenvalue weighted by Gasteiger charge is -2.20. The van der Waals surface area contributed by atoms with Crippen molar-refractivity contribution in [1.29, 1.82) is 0 Å². The lowest BCUT2D eigenvalue weighted by Crippen LogP contribution is -2.68. The van der Waals surface area contributed by atoms with Gasteiger partial charge in [0.25, 0.3) is 5.91 Å². The molecule has 0 saturated heterocycles. The molecule has 29 heavy (non-hydrogen) atoms. The molecule has 7 heteroatoms. The van der Waals surface area contributed by atoms with Gasteiger partial charge in [-0.2, -0.15) is 0 Å². The molecular formula is C22H36N5O2+3. The smallest absolute Gasteiger partial charge is 0.278 e. The van der Waals surface area contributed by atoms with Gasteiger partial charge in [0.2, 0.25) is 5.91 Å².